The average Bonchev–Trinajstić information content (AvgIpc) is 2.30. The van der Waals surface area contributed by atoms with Crippen molar-refractivity contribution in [2.45, 2.75) is 12.5 Å². The predicted octanol–water partition coefficient (Wildman–Crippen LogP) is 1.43. The topological polar surface area (TPSA) is 116 Å². The number of non-ortho nitro benzene ring substituents is 1. The molecule has 0 heterocycles. The summed E-state index contributed by atoms with van der Waals surface area (Å²) in [5.41, 5.74) is 5.02. The Morgan fingerprint density at radius 3 is 2.78 bits per heavy atom. The van der Waals surface area contributed by atoms with Crippen LogP contribution in [0, 0.1) is 10.1 Å². The Balaban J connectivity index is 2.97. The molecular formula is C10H11ClN2O5. The van der Waals surface area contributed by atoms with Crippen LogP contribution in [0.15, 0.2) is 18.2 Å². The number of carboxylic acids is 1. The van der Waals surface area contributed by atoms with Crippen molar-refractivity contribution < 1.29 is 19.6 Å². The summed E-state index contributed by atoms with van der Waals surface area (Å²) in [6, 6.07) is 3.55. The Hall–Kier alpha value is -1.86. The summed E-state index contributed by atoms with van der Waals surface area (Å²) < 4.78 is 5.12. The van der Waals surface area contributed by atoms with Gasteiger partial charge in [0, 0.05) is 12.5 Å². The molecule has 0 amide bonds. The smallest absolute Gasteiger partial charge is 0.344 e. The largest absolute Gasteiger partial charge is 0.479 e. The molecule has 1 aromatic rings. The second-order valence-electron chi connectivity index (χ2n) is 3.39. The predicted molar refractivity (Wildman–Crippen MR) is 63.8 cm³/mol. The van der Waals surface area contributed by atoms with Crippen molar-refractivity contribution in [1.82, 2.24) is 0 Å². The number of nitro groups is 1. The van der Waals surface area contributed by atoms with E-state index in [-0.39, 0.29) is 29.4 Å². The van der Waals surface area contributed by atoms with Gasteiger partial charge in [-0.2, -0.15) is 0 Å². The summed E-state index contributed by atoms with van der Waals surface area (Å²) in [4.78, 5) is 20.8. The molecule has 0 aromatic heterocycles. The van der Waals surface area contributed by atoms with E-state index in [0.717, 1.165) is 6.07 Å². The number of benzene rings is 1. The second kappa shape index (κ2) is 6.18. The van der Waals surface area contributed by atoms with E-state index < -0.39 is 17.0 Å². The molecule has 0 saturated heterocycles. The first-order chi connectivity index (χ1) is 8.45. The first-order valence-corrected chi connectivity index (χ1v) is 5.37. The van der Waals surface area contributed by atoms with Gasteiger partial charge < -0.3 is 15.6 Å². The van der Waals surface area contributed by atoms with E-state index in [9.17, 15) is 14.9 Å². The third kappa shape index (κ3) is 3.57. The van der Waals surface area contributed by atoms with Crippen LogP contribution in [0.1, 0.15) is 6.42 Å². The zero-order chi connectivity index (χ0) is 13.7. The lowest BCUT2D eigenvalue weighted by Gasteiger charge is -2.14. The van der Waals surface area contributed by atoms with Crippen molar-refractivity contribution in [3.8, 4) is 5.75 Å². The van der Waals surface area contributed by atoms with Crippen molar-refractivity contribution in [3.63, 3.8) is 0 Å². The van der Waals surface area contributed by atoms with E-state index in [4.69, 9.17) is 27.2 Å². The van der Waals surface area contributed by atoms with Gasteiger partial charge in [-0.25, -0.2) is 4.79 Å². The van der Waals surface area contributed by atoms with Crippen molar-refractivity contribution in [2.24, 2.45) is 5.73 Å². The van der Waals surface area contributed by atoms with Gasteiger partial charge in [0.1, 0.15) is 5.75 Å². The number of aliphatic carboxylic acids is 1. The lowest BCUT2D eigenvalue weighted by atomic mass is 10.2. The zero-order valence-corrected chi connectivity index (χ0v) is 9.96. The molecule has 0 bridgehead atoms. The molecule has 3 N–H and O–H groups in total. The molecule has 0 spiro atoms. The van der Waals surface area contributed by atoms with E-state index in [1.807, 2.05) is 0 Å². The van der Waals surface area contributed by atoms with Gasteiger partial charge in [0.15, 0.2) is 6.10 Å². The molecule has 98 valence electrons. The minimum atomic E-state index is -1.21. The molecule has 8 heteroatoms. The highest BCUT2D eigenvalue weighted by molar-refractivity contribution is 6.32. The molecule has 0 saturated carbocycles. The lowest BCUT2D eigenvalue weighted by molar-refractivity contribution is -0.384. The highest BCUT2D eigenvalue weighted by Crippen LogP contribution is 2.30. The highest BCUT2D eigenvalue weighted by atomic mass is 35.5. The van der Waals surface area contributed by atoms with Gasteiger partial charge in [0.25, 0.3) is 5.69 Å². The van der Waals surface area contributed by atoms with Gasteiger partial charge in [-0.05, 0) is 12.6 Å². The number of hydrogen-bond donors (Lipinski definition) is 2. The Morgan fingerprint density at radius 2 is 2.28 bits per heavy atom. The molecule has 0 radical (unpaired) electrons. The minimum Gasteiger partial charge on any atom is -0.479 e. The molecule has 1 rings (SSSR count). The van der Waals surface area contributed by atoms with Gasteiger partial charge >= 0.3 is 5.97 Å². The summed E-state index contributed by atoms with van der Waals surface area (Å²) in [5, 5.41) is 19.6. The van der Waals surface area contributed by atoms with E-state index in [2.05, 4.69) is 0 Å². The molecule has 0 aliphatic rings. The van der Waals surface area contributed by atoms with Crippen LogP contribution < -0.4 is 10.5 Å². The summed E-state index contributed by atoms with van der Waals surface area (Å²) in [6.07, 6.45) is -1.11. The number of ether oxygens (including phenoxy) is 1. The van der Waals surface area contributed by atoms with Crippen molar-refractivity contribution in [1.29, 1.82) is 0 Å². The fourth-order valence-corrected chi connectivity index (χ4v) is 1.40. The monoisotopic (exact) mass is 274 g/mol. The normalized spacial score (nSPS) is 11.9. The van der Waals surface area contributed by atoms with Crippen molar-refractivity contribution in [3.05, 3.63) is 33.3 Å². The molecular weight excluding hydrogens is 264 g/mol. The fraction of sp³-hybridized carbons (Fsp3) is 0.300. The van der Waals surface area contributed by atoms with Crippen LogP contribution in [-0.4, -0.2) is 28.6 Å². The van der Waals surface area contributed by atoms with E-state index in [1.165, 1.54) is 12.1 Å². The first-order valence-electron chi connectivity index (χ1n) is 4.99. The maximum Gasteiger partial charge on any atom is 0.344 e. The molecule has 0 aliphatic carbocycles. The van der Waals surface area contributed by atoms with Crippen LogP contribution in [0.3, 0.4) is 0 Å². The summed E-state index contributed by atoms with van der Waals surface area (Å²) in [5.74, 6) is -1.25. The Morgan fingerprint density at radius 1 is 1.61 bits per heavy atom. The molecule has 18 heavy (non-hydrogen) atoms. The number of rotatable bonds is 6. The van der Waals surface area contributed by atoms with Gasteiger partial charge in [0.05, 0.1) is 16.0 Å². The molecule has 0 aliphatic heterocycles. The van der Waals surface area contributed by atoms with E-state index >= 15 is 0 Å². The van der Waals surface area contributed by atoms with Crippen LogP contribution in [0.5, 0.6) is 5.75 Å². The van der Waals surface area contributed by atoms with E-state index in [0.29, 0.717) is 0 Å². The third-order valence-electron chi connectivity index (χ3n) is 2.10. The van der Waals surface area contributed by atoms with Crippen molar-refractivity contribution >= 4 is 23.3 Å². The number of carboxylic acid groups (broad SMARTS) is 1. The average molecular weight is 275 g/mol. The molecule has 1 aromatic carbocycles. The van der Waals surface area contributed by atoms with Crippen LogP contribution >= 0.6 is 11.6 Å². The van der Waals surface area contributed by atoms with Gasteiger partial charge in [0.2, 0.25) is 0 Å². The minimum absolute atomic E-state index is 0.0493. The molecule has 1 atom stereocenters. The van der Waals surface area contributed by atoms with Gasteiger partial charge in [-0.15, -0.1) is 0 Å². The Kier molecular flexibility index (Phi) is 4.87. The van der Waals surface area contributed by atoms with Gasteiger partial charge in [-0.1, -0.05) is 11.6 Å². The fourth-order valence-electron chi connectivity index (χ4n) is 1.23. The number of hydrogen-bond acceptors (Lipinski definition) is 5. The van der Waals surface area contributed by atoms with E-state index in [1.54, 1.807) is 0 Å². The maximum atomic E-state index is 10.9. The summed E-state index contributed by atoms with van der Waals surface area (Å²) in [7, 11) is 0. The third-order valence-corrected chi connectivity index (χ3v) is 2.41. The number of nitro benzene ring substituents is 1. The summed E-state index contributed by atoms with van der Waals surface area (Å²) in [6.45, 7) is 0.115. The van der Waals surface area contributed by atoms with Crippen LogP contribution in [0.25, 0.3) is 0 Å². The SMILES string of the molecule is NCCC(Oc1cc([N+](=O)[O-])ccc1Cl)C(=O)O. The van der Waals surface area contributed by atoms with Crippen molar-refractivity contribution in [2.75, 3.05) is 6.54 Å². The quantitative estimate of drug-likeness (QED) is 0.599. The van der Waals surface area contributed by atoms with Gasteiger partial charge in [-0.3, -0.25) is 10.1 Å². The summed E-state index contributed by atoms with van der Waals surface area (Å²) >= 11 is 5.78. The number of carbonyl (C=O) groups is 1. The van der Waals surface area contributed by atoms with Crippen LogP contribution in [-0.2, 0) is 4.79 Å². The number of halogens is 1. The standard InChI is InChI=1S/C10H11ClN2O5/c11-7-2-1-6(13(16)17)5-9(7)18-8(3-4-12)10(14)15/h1-2,5,8H,3-4,12H2,(H,14,15). The molecule has 0 fully saturated rings. The van der Waals surface area contributed by atoms with Crippen LogP contribution in [0.2, 0.25) is 5.02 Å². The first kappa shape index (κ1) is 14.2. The second-order valence-corrected chi connectivity index (χ2v) is 3.80. The lowest BCUT2D eigenvalue weighted by Crippen LogP contribution is -2.29. The number of nitrogens with two attached hydrogens (primary N) is 1. The zero-order valence-electron chi connectivity index (χ0n) is 9.21. The molecule has 7 nitrogen and oxygen atoms in total. The highest BCUT2D eigenvalue weighted by Gasteiger charge is 2.21. The molecule has 1 unspecified atom stereocenters. The maximum absolute atomic E-state index is 10.9. The van der Waals surface area contributed by atoms with Crippen LogP contribution in [0.4, 0.5) is 5.69 Å². The Bertz CT molecular complexity index is 466. The number of nitrogens with zero attached hydrogens (tertiary/aromatic N) is 1. The Labute approximate surface area is 107 Å².